The summed E-state index contributed by atoms with van der Waals surface area (Å²) in [5.74, 6) is 1.74. The van der Waals surface area contributed by atoms with E-state index in [1.807, 2.05) is 55.8 Å². The Morgan fingerprint density at radius 1 is 1.15 bits per heavy atom. The molecule has 172 valence electrons. The van der Waals surface area contributed by atoms with Crippen LogP contribution in [0.15, 0.2) is 65.7 Å². The Morgan fingerprint density at radius 2 is 1.94 bits per heavy atom. The third-order valence-corrected chi connectivity index (χ3v) is 5.08. The standard InChI is InChI=1S/C25H28FN5O2/c1-17-15-31(16-28-17)21-10-5-18(13-22(21)32-4)14-23-24(27-11-12-33-23)30-25(2,3)29-20-8-6-19(26)7-9-20/h5-10,13-16,29H,11-12H2,1-4H3,(H,27,30)/b23-14-. The molecule has 33 heavy (non-hydrogen) atoms. The lowest BCUT2D eigenvalue weighted by molar-refractivity contribution is 0.230. The lowest BCUT2D eigenvalue weighted by atomic mass is 10.1. The van der Waals surface area contributed by atoms with Crippen molar-refractivity contribution in [3.8, 4) is 11.4 Å². The van der Waals surface area contributed by atoms with Gasteiger partial charge in [-0.15, -0.1) is 0 Å². The van der Waals surface area contributed by atoms with Crippen LogP contribution in [0.2, 0.25) is 0 Å². The Balaban J connectivity index is 1.55. The number of halogens is 1. The summed E-state index contributed by atoms with van der Waals surface area (Å²) in [5, 5.41) is 6.76. The third kappa shape index (κ3) is 5.52. The number of benzene rings is 2. The van der Waals surface area contributed by atoms with Gasteiger partial charge in [0.05, 0.1) is 31.4 Å². The maximum atomic E-state index is 13.2. The lowest BCUT2D eigenvalue weighted by Crippen LogP contribution is -2.51. The van der Waals surface area contributed by atoms with E-state index >= 15 is 0 Å². The molecule has 0 radical (unpaired) electrons. The smallest absolute Gasteiger partial charge is 0.166 e. The summed E-state index contributed by atoms with van der Waals surface area (Å²) < 4.78 is 26.7. The van der Waals surface area contributed by atoms with Crippen molar-refractivity contribution in [2.24, 2.45) is 4.99 Å². The summed E-state index contributed by atoms with van der Waals surface area (Å²) in [6.45, 7) is 6.98. The van der Waals surface area contributed by atoms with Crippen LogP contribution < -0.4 is 15.4 Å². The summed E-state index contributed by atoms with van der Waals surface area (Å²) in [7, 11) is 1.65. The first kappa shape index (κ1) is 22.4. The zero-order valence-electron chi connectivity index (χ0n) is 19.2. The second kappa shape index (κ2) is 9.36. The van der Waals surface area contributed by atoms with Crippen molar-refractivity contribution in [1.29, 1.82) is 0 Å². The number of rotatable bonds is 6. The molecule has 2 N–H and O–H groups in total. The molecule has 0 unspecified atom stereocenters. The van der Waals surface area contributed by atoms with Crippen molar-refractivity contribution in [2.45, 2.75) is 26.4 Å². The van der Waals surface area contributed by atoms with Gasteiger partial charge in [-0.2, -0.15) is 0 Å². The molecular formula is C25H28FN5O2. The highest BCUT2D eigenvalue weighted by molar-refractivity contribution is 6.01. The highest BCUT2D eigenvalue weighted by Crippen LogP contribution is 2.26. The van der Waals surface area contributed by atoms with Crippen LogP contribution in [0, 0.1) is 12.7 Å². The number of aliphatic imine (C=N–C) groups is 1. The molecule has 2 heterocycles. The van der Waals surface area contributed by atoms with Crippen LogP contribution in [0.3, 0.4) is 0 Å². The van der Waals surface area contributed by atoms with Crippen LogP contribution in [0.4, 0.5) is 10.1 Å². The van der Waals surface area contributed by atoms with Crippen LogP contribution >= 0.6 is 0 Å². The predicted molar refractivity (Wildman–Crippen MR) is 128 cm³/mol. The minimum atomic E-state index is -0.558. The molecule has 0 atom stereocenters. The van der Waals surface area contributed by atoms with Gasteiger partial charge in [0.15, 0.2) is 11.6 Å². The second-order valence-corrected chi connectivity index (χ2v) is 8.32. The topological polar surface area (TPSA) is 72.7 Å². The largest absolute Gasteiger partial charge is 0.495 e. The number of hydrogen-bond acceptors (Lipinski definition) is 6. The van der Waals surface area contributed by atoms with Crippen molar-refractivity contribution >= 4 is 17.6 Å². The molecule has 0 fully saturated rings. The van der Waals surface area contributed by atoms with E-state index in [0.717, 1.165) is 28.4 Å². The SMILES string of the molecule is COc1cc(/C=C2\OCCN=C2NC(C)(C)Nc2ccc(F)cc2)ccc1-n1cnc(C)c1. The Hall–Kier alpha value is -3.81. The molecule has 3 aromatic rings. The van der Waals surface area contributed by atoms with E-state index in [4.69, 9.17) is 9.47 Å². The Labute approximate surface area is 193 Å². The molecule has 0 amide bonds. The zero-order chi connectivity index (χ0) is 23.4. The number of methoxy groups -OCH3 is 1. The van der Waals surface area contributed by atoms with Gasteiger partial charge in [-0.3, -0.25) is 4.99 Å². The van der Waals surface area contributed by atoms with Gasteiger partial charge in [0.1, 0.15) is 23.8 Å². The number of aryl methyl sites for hydroxylation is 1. The van der Waals surface area contributed by atoms with Gasteiger partial charge in [-0.1, -0.05) is 6.07 Å². The lowest BCUT2D eigenvalue weighted by Gasteiger charge is -2.32. The number of ether oxygens (including phenoxy) is 2. The summed E-state index contributed by atoms with van der Waals surface area (Å²) >= 11 is 0. The number of imidazole rings is 1. The highest BCUT2D eigenvalue weighted by Gasteiger charge is 2.23. The summed E-state index contributed by atoms with van der Waals surface area (Å²) in [6, 6.07) is 12.2. The molecule has 7 nitrogen and oxygen atoms in total. The molecule has 2 aromatic carbocycles. The van der Waals surface area contributed by atoms with E-state index in [1.165, 1.54) is 12.1 Å². The van der Waals surface area contributed by atoms with Crippen molar-refractivity contribution < 1.29 is 13.9 Å². The van der Waals surface area contributed by atoms with Crippen LogP contribution in [0.1, 0.15) is 25.1 Å². The summed E-state index contributed by atoms with van der Waals surface area (Å²) in [4.78, 5) is 8.92. The predicted octanol–water partition coefficient (Wildman–Crippen LogP) is 4.54. The number of nitrogens with zero attached hydrogens (tertiary/aromatic N) is 3. The molecule has 8 heteroatoms. The van der Waals surface area contributed by atoms with Crippen molar-refractivity contribution in [2.75, 3.05) is 25.6 Å². The molecule has 0 saturated carbocycles. The molecular weight excluding hydrogens is 421 g/mol. The zero-order valence-corrected chi connectivity index (χ0v) is 19.2. The monoisotopic (exact) mass is 449 g/mol. The fourth-order valence-corrected chi connectivity index (χ4v) is 3.59. The first-order valence-corrected chi connectivity index (χ1v) is 10.7. The van der Waals surface area contributed by atoms with Gasteiger partial charge in [0.25, 0.3) is 0 Å². The fourth-order valence-electron chi connectivity index (χ4n) is 3.59. The first-order valence-electron chi connectivity index (χ1n) is 10.7. The van der Waals surface area contributed by atoms with Crippen LogP contribution in [-0.4, -0.2) is 41.3 Å². The number of aromatic nitrogens is 2. The minimum absolute atomic E-state index is 0.272. The van der Waals surface area contributed by atoms with Crippen molar-refractivity contribution in [3.05, 3.63) is 77.8 Å². The van der Waals surface area contributed by atoms with E-state index in [-0.39, 0.29) is 5.82 Å². The average molecular weight is 450 g/mol. The van der Waals surface area contributed by atoms with Crippen LogP contribution in [0.25, 0.3) is 11.8 Å². The van der Waals surface area contributed by atoms with E-state index in [1.54, 1.807) is 25.6 Å². The number of hydrogen-bond donors (Lipinski definition) is 2. The molecule has 0 spiro atoms. The Kier molecular flexibility index (Phi) is 6.35. The van der Waals surface area contributed by atoms with Gasteiger partial charge >= 0.3 is 0 Å². The fraction of sp³-hybridized carbons (Fsp3) is 0.280. The first-order chi connectivity index (χ1) is 15.8. The maximum absolute atomic E-state index is 13.2. The number of nitrogens with one attached hydrogen (secondary N) is 2. The summed E-state index contributed by atoms with van der Waals surface area (Å²) in [6.07, 6.45) is 5.65. The van der Waals surface area contributed by atoms with Crippen molar-refractivity contribution in [3.63, 3.8) is 0 Å². The van der Waals surface area contributed by atoms with Crippen LogP contribution in [0.5, 0.6) is 5.75 Å². The third-order valence-electron chi connectivity index (χ3n) is 5.08. The minimum Gasteiger partial charge on any atom is -0.495 e. The van der Waals surface area contributed by atoms with Gasteiger partial charge in [0, 0.05) is 11.9 Å². The van der Waals surface area contributed by atoms with Crippen LogP contribution in [-0.2, 0) is 4.74 Å². The van der Waals surface area contributed by atoms with Gasteiger partial charge in [-0.25, -0.2) is 9.37 Å². The molecule has 1 aromatic heterocycles. The number of amidine groups is 1. The summed E-state index contributed by atoms with van der Waals surface area (Å²) in [5.41, 5.74) is 3.00. The van der Waals surface area contributed by atoms with E-state index in [9.17, 15) is 4.39 Å². The Morgan fingerprint density at radius 3 is 2.64 bits per heavy atom. The molecule has 1 aliphatic rings. The van der Waals surface area contributed by atoms with Crippen molar-refractivity contribution in [1.82, 2.24) is 14.9 Å². The van der Waals surface area contributed by atoms with E-state index in [0.29, 0.717) is 24.7 Å². The molecule has 0 aliphatic carbocycles. The molecule has 0 bridgehead atoms. The maximum Gasteiger partial charge on any atom is 0.166 e. The van der Waals surface area contributed by atoms with Gasteiger partial charge in [-0.05, 0) is 68.8 Å². The van der Waals surface area contributed by atoms with Gasteiger partial charge in [0.2, 0.25) is 0 Å². The van der Waals surface area contributed by atoms with E-state index < -0.39 is 5.66 Å². The highest BCUT2D eigenvalue weighted by atomic mass is 19.1. The molecule has 1 aliphatic heterocycles. The quantitative estimate of drug-likeness (QED) is 0.541. The van der Waals surface area contributed by atoms with Gasteiger partial charge < -0.3 is 24.7 Å². The molecule has 4 rings (SSSR count). The second-order valence-electron chi connectivity index (χ2n) is 8.32. The normalized spacial score (nSPS) is 15.1. The van der Waals surface area contributed by atoms with E-state index in [2.05, 4.69) is 20.6 Å². The molecule has 0 saturated heterocycles. The average Bonchev–Trinajstić information content (AvgIpc) is 3.22. The number of anilines is 1. The Bertz CT molecular complexity index is 1180.